The van der Waals surface area contributed by atoms with Gasteiger partial charge in [-0.2, -0.15) is 0 Å². The predicted octanol–water partition coefficient (Wildman–Crippen LogP) is 5.68. The van der Waals surface area contributed by atoms with Crippen molar-refractivity contribution in [1.82, 2.24) is 0 Å². The Kier molecular flexibility index (Phi) is 4.55. The van der Waals surface area contributed by atoms with Crippen LogP contribution < -0.4 is 5.32 Å². The monoisotopic (exact) mass is 343 g/mol. The number of halogens is 3. The molecule has 0 aromatic heterocycles. The fourth-order valence-electron chi connectivity index (χ4n) is 1.63. The molecule has 2 aromatic rings. The van der Waals surface area contributed by atoms with Gasteiger partial charge in [0, 0.05) is 16.7 Å². The van der Waals surface area contributed by atoms with Gasteiger partial charge in [0.2, 0.25) is 0 Å². The van der Waals surface area contributed by atoms with Gasteiger partial charge >= 0.3 is 0 Å². The minimum atomic E-state index is 0.582. The highest BCUT2D eigenvalue weighted by atomic mass is 79.9. The van der Waals surface area contributed by atoms with Gasteiger partial charge in [0.05, 0.1) is 10.0 Å². The van der Waals surface area contributed by atoms with Gasteiger partial charge in [-0.15, -0.1) is 0 Å². The highest BCUT2D eigenvalue weighted by Gasteiger charge is 2.02. The lowest BCUT2D eigenvalue weighted by Crippen LogP contribution is -2.01. The van der Waals surface area contributed by atoms with Gasteiger partial charge in [-0.25, -0.2) is 0 Å². The zero-order valence-electron chi connectivity index (χ0n) is 9.81. The van der Waals surface area contributed by atoms with Crippen LogP contribution in [0, 0.1) is 6.92 Å². The highest BCUT2D eigenvalue weighted by Crippen LogP contribution is 2.24. The molecule has 0 aliphatic carbocycles. The SMILES string of the molecule is Cc1ccc(Br)cc1NCc1ccc(Cl)c(Cl)c1. The van der Waals surface area contributed by atoms with Crippen LogP contribution in [0.3, 0.4) is 0 Å². The second-order valence-electron chi connectivity index (χ2n) is 4.06. The Bertz CT molecular complexity index is 570. The molecule has 0 unspecified atom stereocenters. The first kappa shape index (κ1) is 13.7. The number of benzene rings is 2. The van der Waals surface area contributed by atoms with Gasteiger partial charge < -0.3 is 5.32 Å². The van der Waals surface area contributed by atoms with E-state index in [1.54, 1.807) is 0 Å². The van der Waals surface area contributed by atoms with Crippen molar-refractivity contribution in [2.45, 2.75) is 13.5 Å². The molecule has 0 amide bonds. The molecule has 0 saturated heterocycles. The van der Waals surface area contributed by atoms with E-state index in [0.29, 0.717) is 16.6 Å². The number of aryl methyl sites for hydroxylation is 1. The third kappa shape index (κ3) is 3.41. The summed E-state index contributed by atoms with van der Waals surface area (Å²) < 4.78 is 1.06. The summed E-state index contributed by atoms with van der Waals surface area (Å²) in [5.74, 6) is 0. The molecule has 0 fully saturated rings. The van der Waals surface area contributed by atoms with Gasteiger partial charge in [-0.1, -0.05) is 51.3 Å². The first-order chi connectivity index (χ1) is 8.56. The van der Waals surface area contributed by atoms with Crippen LogP contribution in [0.1, 0.15) is 11.1 Å². The summed E-state index contributed by atoms with van der Waals surface area (Å²) in [6.45, 7) is 2.79. The summed E-state index contributed by atoms with van der Waals surface area (Å²) in [5, 5.41) is 4.55. The summed E-state index contributed by atoms with van der Waals surface area (Å²) in [6.07, 6.45) is 0. The van der Waals surface area contributed by atoms with Crippen molar-refractivity contribution < 1.29 is 0 Å². The third-order valence-electron chi connectivity index (χ3n) is 2.67. The van der Waals surface area contributed by atoms with Crippen molar-refractivity contribution >= 4 is 44.8 Å². The van der Waals surface area contributed by atoms with Crippen molar-refractivity contribution in [2.24, 2.45) is 0 Å². The van der Waals surface area contributed by atoms with Crippen LogP contribution in [0.2, 0.25) is 10.0 Å². The number of rotatable bonds is 3. The van der Waals surface area contributed by atoms with Crippen LogP contribution in [-0.2, 0) is 6.54 Å². The fraction of sp³-hybridized carbons (Fsp3) is 0.143. The molecule has 1 N–H and O–H groups in total. The number of hydrogen-bond donors (Lipinski definition) is 1. The topological polar surface area (TPSA) is 12.0 Å². The van der Waals surface area contributed by atoms with Gasteiger partial charge in [-0.05, 0) is 42.3 Å². The molecule has 18 heavy (non-hydrogen) atoms. The zero-order chi connectivity index (χ0) is 13.1. The Balaban J connectivity index is 2.11. The first-order valence-corrected chi connectivity index (χ1v) is 7.05. The normalized spacial score (nSPS) is 10.4. The molecule has 94 valence electrons. The number of anilines is 1. The van der Waals surface area contributed by atoms with Crippen LogP contribution in [0.15, 0.2) is 40.9 Å². The Morgan fingerprint density at radius 3 is 2.56 bits per heavy atom. The second kappa shape index (κ2) is 5.96. The van der Waals surface area contributed by atoms with Crippen LogP contribution in [0.4, 0.5) is 5.69 Å². The molecule has 0 bridgehead atoms. The molecule has 0 atom stereocenters. The van der Waals surface area contributed by atoms with Crippen molar-refractivity contribution in [1.29, 1.82) is 0 Å². The van der Waals surface area contributed by atoms with Gasteiger partial charge in [0.1, 0.15) is 0 Å². The van der Waals surface area contributed by atoms with E-state index in [-0.39, 0.29) is 0 Å². The van der Waals surface area contributed by atoms with Crippen LogP contribution >= 0.6 is 39.1 Å². The van der Waals surface area contributed by atoms with Crippen molar-refractivity contribution in [3.8, 4) is 0 Å². The summed E-state index contributed by atoms with van der Waals surface area (Å²) >= 11 is 15.3. The van der Waals surface area contributed by atoms with E-state index in [9.17, 15) is 0 Å². The maximum Gasteiger partial charge on any atom is 0.0595 e. The molecular weight excluding hydrogens is 333 g/mol. The van der Waals surface area contributed by atoms with Crippen LogP contribution in [-0.4, -0.2) is 0 Å². The molecule has 0 spiro atoms. The maximum absolute atomic E-state index is 5.98. The smallest absolute Gasteiger partial charge is 0.0595 e. The number of hydrogen-bond acceptors (Lipinski definition) is 1. The Morgan fingerprint density at radius 1 is 1.06 bits per heavy atom. The minimum absolute atomic E-state index is 0.582. The molecule has 2 aromatic carbocycles. The van der Waals surface area contributed by atoms with Crippen molar-refractivity contribution in [3.63, 3.8) is 0 Å². The molecule has 0 heterocycles. The van der Waals surface area contributed by atoms with E-state index in [2.05, 4.69) is 40.3 Å². The lowest BCUT2D eigenvalue weighted by Gasteiger charge is -2.10. The highest BCUT2D eigenvalue weighted by molar-refractivity contribution is 9.10. The molecule has 0 saturated carbocycles. The summed E-state index contributed by atoms with van der Waals surface area (Å²) in [4.78, 5) is 0. The summed E-state index contributed by atoms with van der Waals surface area (Å²) in [5.41, 5.74) is 3.41. The second-order valence-corrected chi connectivity index (χ2v) is 5.79. The lowest BCUT2D eigenvalue weighted by atomic mass is 10.2. The quantitative estimate of drug-likeness (QED) is 0.755. The first-order valence-electron chi connectivity index (χ1n) is 5.50. The van der Waals surface area contributed by atoms with E-state index in [0.717, 1.165) is 15.7 Å². The minimum Gasteiger partial charge on any atom is -0.381 e. The molecule has 0 aliphatic heterocycles. The zero-order valence-corrected chi connectivity index (χ0v) is 12.9. The van der Waals surface area contributed by atoms with Crippen molar-refractivity contribution in [2.75, 3.05) is 5.32 Å². The maximum atomic E-state index is 5.98. The molecule has 2 rings (SSSR count). The molecule has 0 aliphatic rings. The molecular formula is C14H12BrCl2N. The van der Waals surface area contributed by atoms with Crippen LogP contribution in [0.5, 0.6) is 0 Å². The van der Waals surface area contributed by atoms with Gasteiger partial charge in [0.15, 0.2) is 0 Å². The Morgan fingerprint density at radius 2 is 1.83 bits per heavy atom. The average molecular weight is 345 g/mol. The van der Waals surface area contributed by atoms with Crippen LogP contribution in [0.25, 0.3) is 0 Å². The molecule has 4 heteroatoms. The fourth-order valence-corrected chi connectivity index (χ4v) is 2.31. The third-order valence-corrected chi connectivity index (χ3v) is 3.90. The van der Waals surface area contributed by atoms with Gasteiger partial charge in [0.25, 0.3) is 0 Å². The van der Waals surface area contributed by atoms with E-state index in [1.807, 2.05) is 24.3 Å². The van der Waals surface area contributed by atoms with Crippen molar-refractivity contribution in [3.05, 3.63) is 62.0 Å². The average Bonchev–Trinajstić information content (AvgIpc) is 2.34. The lowest BCUT2D eigenvalue weighted by molar-refractivity contribution is 1.14. The molecule has 0 radical (unpaired) electrons. The molecule has 1 nitrogen and oxygen atoms in total. The summed E-state index contributed by atoms with van der Waals surface area (Å²) in [6, 6.07) is 11.8. The van der Waals surface area contributed by atoms with Gasteiger partial charge in [-0.3, -0.25) is 0 Å². The van der Waals surface area contributed by atoms with E-state index >= 15 is 0 Å². The van der Waals surface area contributed by atoms with E-state index in [4.69, 9.17) is 23.2 Å². The Labute approximate surface area is 125 Å². The number of nitrogens with one attached hydrogen (secondary N) is 1. The Hall–Kier alpha value is -0.700. The van der Waals surface area contributed by atoms with E-state index < -0.39 is 0 Å². The predicted molar refractivity (Wildman–Crippen MR) is 82.7 cm³/mol. The summed E-state index contributed by atoms with van der Waals surface area (Å²) in [7, 11) is 0. The van der Waals surface area contributed by atoms with E-state index in [1.165, 1.54) is 5.56 Å². The largest absolute Gasteiger partial charge is 0.381 e. The standard InChI is InChI=1S/C14H12BrCl2N/c1-9-2-4-11(15)7-14(9)18-8-10-3-5-12(16)13(17)6-10/h2-7,18H,8H2,1H3.